The van der Waals surface area contributed by atoms with Crippen molar-refractivity contribution < 1.29 is 0 Å². The molecule has 13 heavy (non-hydrogen) atoms. The Labute approximate surface area is 79.7 Å². The van der Waals surface area contributed by atoms with Gasteiger partial charge in [0.1, 0.15) is 0 Å². The van der Waals surface area contributed by atoms with Crippen molar-refractivity contribution >= 4 is 5.70 Å². The Morgan fingerprint density at radius 2 is 2.15 bits per heavy atom. The number of hydrogen-bond acceptors (Lipinski definition) is 1. The Morgan fingerprint density at radius 1 is 1.38 bits per heavy atom. The Hall–Kier alpha value is -1.24. The van der Waals surface area contributed by atoms with Crippen molar-refractivity contribution in [2.45, 2.75) is 13.3 Å². The first-order chi connectivity index (χ1) is 6.18. The first-order valence-electron chi connectivity index (χ1n) is 4.68. The van der Waals surface area contributed by atoms with Gasteiger partial charge in [-0.05, 0) is 18.9 Å². The summed E-state index contributed by atoms with van der Waals surface area (Å²) in [5, 5.41) is 0. The molecular formula is C12H15N. The average molecular weight is 173 g/mol. The summed E-state index contributed by atoms with van der Waals surface area (Å²) >= 11 is 0. The zero-order valence-corrected chi connectivity index (χ0v) is 8.30. The van der Waals surface area contributed by atoms with Gasteiger partial charge < -0.3 is 4.90 Å². The maximum absolute atomic E-state index is 4.09. The lowest BCUT2D eigenvalue weighted by molar-refractivity contribution is 0.470. The van der Waals surface area contributed by atoms with Crippen molar-refractivity contribution in [1.82, 2.24) is 4.90 Å². The van der Waals surface area contributed by atoms with Crippen LogP contribution in [-0.4, -0.2) is 18.5 Å². The van der Waals surface area contributed by atoms with E-state index in [1.807, 2.05) is 0 Å². The van der Waals surface area contributed by atoms with E-state index in [0.717, 1.165) is 18.7 Å². The van der Waals surface area contributed by atoms with Crippen LogP contribution in [0.3, 0.4) is 0 Å². The molecule has 0 atom stereocenters. The molecule has 0 saturated heterocycles. The van der Waals surface area contributed by atoms with Crippen LogP contribution in [-0.2, 0) is 6.42 Å². The Morgan fingerprint density at radius 3 is 2.92 bits per heavy atom. The van der Waals surface area contributed by atoms with E-state index >= 15 is 0 Å². The molecule has 2 rings (SSSR count). The first-order valence-corrected chi connectivity index (χ1v) is 4.68. The molecule has 1 aromatic rings. The van der Waals surface area contributed by atoms with Gasteiger partial charge in [-0.25, -0.2) is 0 Å². The van der Waals surface area contributed by atoms with Gasteiger partial charge in [0, 0.05) is 24.9 Å². The lowest BCUT2D eigenvalue weighted by atomic mass is 9.96. The summed E-state index contributed by atoms with van der Waals surface area (Å²) in [5.41, 5.74) is 5.26. The second-order valence-electron chi connectivity index (χ2n) is 3.78. The molecule has 68 valence electrons. The summed E-state index contributed by atoms with van der Waals surface area (Å²) in [6, 6.07) is 6.61. The van der Waals surface area contributed by atoms with Crippen molar-refractivity contribution in [1.29, 1.82) is 0 Å². The predicted molar refractivity (Wildman–Crippen MR) is 56.5 cm³/mol. The van der Waals surface area contributed by atoms with E-state index in [9.17, 15) is 0 Å². The highest BCUT2D eigenvalue weighted by atomic mass is 15.1. The molecule has 0 unspecified atom stereocenters. The lowest BCUT2D eigenvalue weighted by Crippen LogP contribution is -2.24. The maximum Gasteiger partial charge on any atom is 0.0367 e. The summed E-state index contributed by atoms with van der Waals surface area (Å²) in [7, 11) is 2.10. The van der Waals surface area contributed by atoms with Crippen molar-refractivity contribution in [3.05, 3.63) is 41.5 Å². The van der Waals surface area contributed by atoms with Gasteiger partial charge in [-0.3, -0.25) is 0 Å². The number of likely N-dealkylation sites (N-methyl/N-ethyl adjacent to an activating group) is 1. The van der Waals surface area contributed by atoms with Crippen molar-refractivity contribution in [2.75, 3.05) is 13.6 Å². The molecule has 1 heteroatoms. The fraction of sp³-hybridized carbons (Fsp3) is 0.333. The third-order valence-electron chi connectivity index (χ3n) is 2.75. The summed E-state index contributed by atoms with van der Waals surface area (Å²) in [5.74, 6) is 0. The molecular weight excluding hydrogens is 158 g/mol. The normalized spacial score (nSPS) is 15.8. The monoisotopic (exact) mass is 173 g/mol. The number of nitrogens with zero attached hydrogens (tertiary/aromatic N) is 1. The molecule has 0 aliphatic carbocycles. The molecule has 1 heterocycles. The lowest BCUT2D eigenvalue weighted by Gasteiger charge is -2.29. The Kier molecular flexibility index (Phi) is 1.87. The van der Waals surface area contributed by atoms with Crippen LogP contribution in [0.15, 0.2) is 24.8 Å². The van der Waals surface area contributed by atoms with E-state index in [1.54, 1.807) is 0 Å². The van der Waals surface area contributed by atoms with E-state index in [0.29, 0.717) is 0 Å². The Balaban J connectivity index is 2.50. The van der Waals surface area contributed by atoms with E-state index in [-0.39, 0.29) is 0 Å². The molecule has 1 aromatic carbocycles. The minimum atomic E-state index is 1.09. The molecule has 0 fully saturated rings. The van der Waals surface area contributed by atoms with Gasteiger partial charge in [-0.1, -0.05) is 30.3 Å². The van der Waals surface area contributed by atoms with E-state index in [2.05, 4.69) is 43.6 Å². The minimum Gasteiger partial charge on any atom is -0.374 e. The number of benzene rings is 1. The number of rotatable bonds is 0. The standard InChI is InChI=1S/C12H15N/c1-9-4-5-12-10(2)13(3)7-6-11(12)8-9/h4-5,8H,2,6-7H2,1,3H3. The molecule has 0 amide bonds. The maximum atomic E-state index is 4.09. The minimum absolute atomic E-state index is 1.09. The SMILES string of the molecule is C=C1c2ccc(C)cc2CCN1C. The van der Waals surface area contributed by atoms with Gasteiger partial charge in [-0.2, -0.15) is 0 Å². The highest BCUT2D eigenvalue weighted by Crippen LogP contribution is 2.26. The summed E-state index contributed by atoms with van der Waals surface area (Å²) in [6.07, 6.45) is 1.15. The van der Waals surface area contributed by atoms with E-state index in [1.165, 1.54) is 16.7 Å². The second-order valence-corrected chi connectivity index (χ2v) is 3.78. The Bertz CT molecular complexity index is 352. The fourth-order valence-corrected chi connectivity index (χ4v) is 1.84. The average Bonchev–Trinajstić information content (AvgIpc) is 2.12. The molecule has 0 spiro atoms. The van der Waals surface area contributed by atoms with Crippen LogP contribution < -0.4 is 0 Å². The van der Waals surface area contributed by atoms with Crippen molar-refractivity contribution in [3.8, 4) is 0 Å². The van der Waals surface area contributed by atoms with Gasteiger partial charge in [0.25, 0.3) is 0 Å². The third-order valence-corrected chi connectivity index (χ3v) is 2.75. The zero-order chi connectivity index (χ0) is 9.42. The quantitative estimate of drug-likeness (QED) is 0.582. The predicted octanol–water partition coefficient (Wildman–Crippen LogP) is 2.45. The van der Waals surface area contributed by atoms with Crippen molar-refractivity contribution in [2.24, 2.45) is 0 Å². The molecule has 0 aromatic heterocycles. The van der Waals surface area contributed by atoms with Gasteiger partial charge in [0.2, 0.25) is 0 Å². The molecule has 1 aliphatic rings. The molecule has 0 bridgehead atoms. The summed E-state index contributed by atoms with van der Waals surface area (Å²) in [4.78, 5) is 2.22. The first kappa shape index (κ1) is 8.36. The number of hydrogen-bond donors (Lipinski definition) is 0. The van der Waals surface area contributed by atoms with Crippen LogP contribution in [0.5, 0.6) is 0 Å². The third kappa shape index (κ3) is 1.35. The van der Waals surface area contributed by atoms with Gasteiger partial charge >= 0.3 is 0 Å². The molecule has 0 radical (unpaired) electrons. The molecule has 1 aliphatic heterocycles. The highest BCUT2D eigenvalue weighted by Gasteiger charge is 2.15. The van der Waals surface area contributed by atoms with Gasteiger partial charge in [0.15, 0.2) is 0 Å². The fourth-order valence-electron chi connectivity index (χ4n) is 1.84. The number of fused-ring (bicyclic) bond motifs is 1. The van der Waals surface area contributed by atoms with E-state index < -0.39 is 0 Å². The largest absolute Gasteiger partial charge is 0.374 e. The molecule has 1 nitrogen and oxygen atoms in total. The summed E-state index contributed by atoms with van der Waals surface area (Å²) < 4.78 is 0. The smallest absolute Gasteiger partial charge is 0.0367 e. The number of aryl methyl sites for hydroxylation is 1. The van der Waals surface area contributed by atoms with Crippen LogP contribution in [0.1, 0.15) is 16.7 Å². The summed E-state index contributed by atoms with van der Waals surface area (Å²) in [6.45, 7) is 7.32. The van der Waals surface area contributed by atoms with Crippen LogP contribution >= 0.6 is 0 Å². The molecule has 0 saturated carbocycles. The van der Waals surface area contributed by atoms with E-state index in [4.69, 9.17) is 0 Å². The van der Waals surface area contributed by atoms with Crippen molar-refractivity contribution in [3.63, 3.8) is 0 Å². The van der Waals surface area contributed by atoms with Crippen LogP contribution in [0.2, 0.25) is 0 Å². The highest BCUT2D eigenvalue weighted by molar-refractivity contribution is 5.66. The molecule has 0 N–H and O–H groups in total. The van der Waals surface area contributed by atoms with Crippen LogP contribution in [0, 0.1) is 6.92 Å². The topological polar surface area (TPSA) is 3.24 Å². The van der Waals surface area contributed by atoms with Crippen LogP contribution in [0.4, 0.5) is 0 Å². The second kappa shape index (κ2) is 2.91. The van der Waals surface area contributed by atoms with Gasteiger partial charge in [0.05, 0.1) is 0 Å². The van der Waals surface area contributed by atoms with Crippen LogP contribution in [0.25, 0.3) is 5.70 Å². The zero-order valence-electron chi connectivity index (χ0n) is 8.30. The van der Waals surface area contributed by atoms with Gasteiger partial charge in [-0.15, -0.1) is 0 Å².